The quantitative estimate of drug-likeness (QED) is 0.521. The number of ether oxygens (including phenoxy) is 1. The van der Waals surface area contributed by atoms with Crippen molar-refractivity contribution in [3.63, 3.8) is 0 Å². The number of carbonyl (C=O) groups is 2. The van der Waals surface area contributed by atoms with Crippen LogP contribution in [-0.2, 0) is 4.74 Å². The van der Waals surface area contributed by atoms with Crippen LogP contribution >= 0.6 is 15.9 Å². The molecule has 0 aromatic heterocycles. The Labute approximate surface area is 197 Å². The number of hydrogen-bond acceptors (Lipinski definition) is 4. The SMILES string of the molecule is O=C(Nc1cccc(Br)c1)Nc1ccc(N2CCCCC2)c(C(=O)NCC2CCCO2)c1. The van der Waals surface area contributed by atoms with Gasteiger partial charge in [0.1, 0.15) is 0 Å². The van der Waals surface area contributed by atoms with E-state index in [2.05, 4.69) is 36.8 Å². The third-order valence-electron chi connectivity index (χ3n) is 5.79. The number of nitrogens with zero attached hydrogens (tertiary/aromatic N) is 1. The van der Waals surface area contributed by atoms with Crippen LogP contribution in [0.5, 0.6) is 0 Å². The van der Waals surface area contributed by atoms with E-state index in [0.717, 1.165) is 55.5 Å². The fourth-order valence-corrected chi connectivity index (χ4v) is 4.57. The summed E-state index contributed by atoms with van der Waals surface area (Å²) in [4.78, 5) is 27.9. The number of urea groups is 1. The second-order valence-electron chi connectivity index (χ2n) is 8.21. The standard InChI is InChI=1S/C24H29BrN4O3/c25-17-6-4-7-18(14-17)27-24(31)28-19-9-10-22(29-11-2-1-3-12-29)21(15-19)23(30)26-16-20-8-5-13-32-20/h4,6-7,9-10,14-15,20H,1-3,5,8,11-13,16H2,(H,26,30)(H2,27,28,31). The Morgan fingerprint density at radius 3 is 2.50 bits per heavy atom. The first kappa shape index (κ1) is 22.6. The lowest BCUT2D eigenvalue weighted by Crippen LogP contribution is -2.35. The highest BCUT2D eigenvalue weighted by Crippen LogP contribution is 2.28. The lowest BCUT2D eigenvalue weighted by atomic mass is 10.1. The number of amides is 3. The van der Waals surface area contributed by atoms with Gasteiger partial charge in [-0.3, -0.25) is 4.79 Å². The van der Waals surface area contributed by atoms with E-state index in [9.17, 15) is 9.59 Å². The zero-order chi connectivity index (χ0) is 22.3. The first-order chi connectivity index (χ1) is 15.6. The van der Waals surface area contributed by atoms with Gasteiger partial charge in [0.2, 0.25) is 0 Å². The summed E-state index contributed by atoms with van der Waals surface area (Å²) in [6.07, 6.45) is 5.53. The maximum Gasteiger partial charge on any atom is 0.323 e. The second-order valence-corrected chi connectivity index (χ2v) is 9.13. The summed E-state index contributed by atoms with van der Waals surface area (Å²) >= 11 is 3.40. The first-order valence-corrected chi connectivity index (χ1v) is 12.0. The van der Waals surface area contributed by atoms with Crippen LogP contribution in [0, 0.1) is 0 Å². The molecule has 0 spiro atoms. The molecule has 32 heavy (non-hydrogen) atoms. The monoisotopic (exact) mass is 500 g/mol. The minimum Gasteiger partial charge on any atom is -0.376 e. The largest absolute Gasteiger partial charge is 0.376 e. The van der Waals surface area contributed by atoms with Crippen molar-refractivity contribution in [3.8, 4) is 0 Å². The Bertz CT molecular complexity index is 956. The van der Waals surface area contributed by atoms with Gasteiger partial charge in [-0.25, -0.2) is 4.79 Å². The molecule has 0 bridgehead atoms. The zero-order valence-electron chi connectivity index (χ0n) is 18.0. The van der Waals surface area contributed by atoms with Gasteiger partial charge in [-0.2, -0.15) is 0 Å². The third-order valence-corrected chi connectivity index (χ3v) is 6.29. The molecule has 1 atom stereocenters. The van der Waals surface area contributed by atoms with E-state index in [1.807, 2.05) is 36.4 Å². The highest BCUT2D eigenvalue weighted by atomic mass is 79.9. The minimum absolute atomic E-state index is 0.0784. The summed E-state index contributed by atoms with van der Waals surface area (Å²) in [6, 6.07) is 12.6. The van der Waals surface area contributed by atoms with Gasteiger partial charge >= 0.3 is 6.03 Å². The molecule has 0 aliphatic carbocycles. The summed E-state index contributed by atoms with van der Waals surface area (Å²) in [5, 5.41) is 8.68. The molecule has 2 aromatic rings. The Hall–Kier alpha value is -2.58. The van der Waals surface area contributed by atoms with Gasteiger partial charge in [0.25, 0.3) is 5.91 Å². The number of piperidine rings is 1. The Kier molecular flexibility index (Phi) is 7.65. The Morgan fingerprint density at radius 1 is 1.00 bits per heavy atom. The number of hydrogen-bond donors (Lipinski definition) is 3. The van der Waals surface area contributed by atoms with Crippen LogP contribution in [0.4, 0.5) is 21.9 Å². The van der Waals surface area contributed by atoms with Gasteiger partial charge in [-0.15, -0.1) is 0 Å². The smallest absolute Gasteiger partial charge is 0.323 e. The lowest BCUT2D eigenvalue weighted by molar-refractivity contribution is 0.0858. The normalized spacial score (nSPS) is 18.3. The van der Waals surface area contributed by atoms with Crippen LogP contribution in [0.2, 0.25) is 0 Å². The molecule has 4 rings (SSSR count). The average Bonchev–Trinajstić information content (AvgIpc) is 3.32. The van der Waals surface area contributed by atoms with E-state index in [4.69, 9.17) is 4.74 Å². The number of anilines is 3. The molecule has 2 aromatic carbocycles. The second kappa shape index (κ2) is 10.8. The van der Waals surface area contributed by atoms with Crippen molar-refractivity contribution in [2.45, 2.75) is 38.2 Å². The molecule has 8 heteroatoms. The highest BCUT2D eigenvalue weighted by Gasteiger charge is 2.22. The van der Waals surface area contributed by atoms with Crippen LogP contribution in [-0.4, -0.2) is 44.3 Å². The number of benzene rings is 2. The van der Waals surface area contributed by atoms with Crippen molar-refractivity contribution in [1.82, 2.24) is 5.32 Å². The number of carbonyl (C=O) groups excluding carboxylic acids is 2. The molecule has 3 amide bonds. The minimum atomic E-state index is -0.362. The van der Waals surface area contributed by atoms with Crippen LogP contribution in [0.25, 0.3) is 0 Å². The van der Waals surface area contributed by atoms with E-state index >= 15 is 0 Å². The molecule has 2 heterocycles. The fourth-order valence-electron chi connectivity index (χ4n) is 4.17. The average molecular weight is 501 g/mol. The zero-order valence-corrected chi connectivity index (χ0v) is 19.6. The molecule has 0 radical (unpaired) electrons. The van der Waals surface area contributed by atoms with E-state index < -0.39 is 0 Å². The molecule has 7 nitrogen and oxygen atoms in total. The van der Waals surface area contributed by atoms with Crippen LogP contribution in [0.3, 0.4) is 0 Å². The molecular weight excluding hydrogens is 472 g/mol. The van der Waals surface area contributed by atoms with Gasteiger partial charge in [-0.1, -0.05) is 22.0 Å². The molecule has 2 fully saturated rings. The van der Waals surface area contributed by atoms with E-state index in [1.54, 1.807) is 6.07 Å². The lowest BCUT2D eigenvalue weighted by Gasteiger charge is -2.30. The van der Waals surface area contributed by atoms with Crippen molar-refractivity contribution >= 4 is 44.9 Å². The number of rotatable bonds is 6. The van der Waals surface area contributed by atoms with E-state index in [-0.39, 0.29) is 18.0 Å². The summed E-state index contributed by atoms with van der Waals surface area (Å²) in [7, 11) is 0. The maximum atomic E-state index is 13.1. The van der Waals surface area contributed by atoms with Crippen LogP contribution < -0.4 is 20.9 Å². The molecular formula is C24H29BrN4O3. The number of halogens is 1. The Balaban J connectivity index is 1.49. The summed E-state index contributed by atoms with van der Waals surface area (Å²) < 4.78 is 6.51. The molecule has 2 aliphatic rings. The summed E-state index contributed by atoms with van der Waals surface area (Å²) in [6.45, 7) is 3.12. The predicted molar refractivity (Wildman–Crippen MR) is 131 cm³/mol. The molecule has 0 saturated carbocycles. The predicted octanol–water partition coefficient (Wildman–Crippen LogP) is 4.99. The van der Waals surface area contributed by atoms with Crippen molar-refractivity contribution in [2.24, 2.45) is 0 Å². The molecule has 1 unspecified atom stereocenters. The molecule has 170 valence electrons. The van der Waals surface area contributed by atoms with Crippen LogP contribution in [0.15, 0.2) is 46.9 Å². The van der Waals surface area contributed by atoms with Crippen molar-refractivity contribution in [3.05, 3.63) is 52.5 Å². The molecule has 2 aliphatic heterocycles. The van der Waals surface area contributed by atoms with Gasteiger partial charge in [0, 0.05) is 47.8 Å². The maximum absolute atomic E-state index is 13.1. The van der Waals surface area contributed by atoms with Crippen molar-refractivity contribution in [1.29, 1.82) is 0 Å². The van der Waals surface area contributed by atoms with Crippen molar-refractivity contribution in [2.75, 3.05) is 41.8 Å². The number of nitrogens with one attached hydrogen (secondary N) is 3. The third kappa shape index (κ3) is 6.01. The van der Waals surface area contributed by atoms with Gasteiger partial charge in [0.05, 0.1) is 11.7 Å². The Morgan fingerprint density at radius 2 is 1.78 bits per heavy atom. The van der Waals surface area contributed by atoms with E-state index in [0.29, 0.717) is 23.5 Å². The van der Waals surface area contributed by atoms with E-state index in [1.165, 1.54) is 6.42 Å². The van der Waals surface area contributed by atoms with Gasteiger partial charge in [0.15, 0.2) is 0 Å². The summed E-state index contributed by atoms with van der Waals surface area (Å²) in [5.41, 5.74) is 2.73. The van der Waals surface area contributed by atoms with Gasteiger partial charge < -0.3 is 25.6 Å². The van der Waals surface area contributed by atoms with Gasteiger partial charge in [-0.05, 0) is 68.5 Å². The van der Waals surface area contributed by atoms with Crippen molar-refractivity contribution < 1.29 is 14.3 Å². The topological polar surface area (TPSA) is 82.7 Å². The molecule has 2 saturated heterocycles. The van der Waals surface area contributed by atoms with Crippen LogP contribution in [0.1, 0.15) is 42.5 Å². The highest BCUT2D eigenvalue weighted by molar-refractivity contribution is 9.10. The fraction of sp³-hybridized carbons (Fsp3) is 0.417. The first-order valence-electron chi connectivity index (χ1n) is 11.2. The molecule has 3 N–H and O–H groups in total. The summed E-state index contributed by atoms with van der Waals surface area (Å²) in [5.74, 6) is -0.142.